The minimum atomic E-state index is -3.46. The molecule has 178 valence electrons. The van der Waals surface area contributed by atoms with Crippen molar-refractivity contribution in [2.75, 3.05) is 16.8 Å². The number of sulfone groups is 1. The van der Waals surface area contributed by atoms with Gasteiger partial charge in [0.15, 0.2) is 22.0 Å². The molecule has 1 aromatic carbocycles. The monoisotopic (exact) mass is 476 g/mol. The van der Waals surface area contributed by atoms with Gasteiger partial charge < -0.3 is 15.2 Å². The molecule has 11 nitrogen and oxygen atoms in total. The highest BCUT2D eigenvalue weighted by Crippen LogP contribution is 2.30. The molecule has 1 aromatic heterocycles. The quantitative estimate of drug-likeness (QED) is 0.176. The summed E-state index contributed by atoms with van der Waals surface area (Å²) in [6, 6.07) is 8.11. The first kappa shape index (κ1) is 24.6. The van der Waals surface area contributed by atoms with Gasteiger partial charge in [-0.05, 0) is 45.4 Å². The summed E-state index contributed by atoms with van der Waals surface area (Å²) in [4.78, 5) is 20.8. The molecule has 0 bridgehead atoms. The molecule has 2 aromatic rings. The molecule has 33 heavy (non-hydrogen) atoms. The number of aliphatic hydroxyl groups excluding tert-OH is 1. The van der Waals surface area contributed by atoms with Crippen molar-refractivity contribution < 1.29 is 23.1 Å². The zero-order valence-electron chi connectivity index (χ0n) is 18.6. The average Bonchev–Trinajstić information content (AvgIpc) is 3.06. The summed E-state index contributed by atoms with van der Waals surface area (Å²) in [6.07, 6.45) is 1.57. The fourth-order valence-corrected chi connectivity index (χ4v) is 5.28. The molecular formula is C21H28N6O5S. The number of nitrogens with zero attached hydrogens (tertiary/aromatic N) is 2. The zero-order valence-corrected chi connectivity index (χ0v) is 19.4. The van der Waals surface area contributed by atoms with Crippen molar-refractivity contribution in [3.05, 3.63) is 54.1 Å². The molecular weight excluding hydrogens is 448 g/mol. The summed E-state index contributed by atoms with van der Waals surface area (Å²) in [5.74, 6) is -1.39. The molecule has 2 unspecified atom stereocenters. The molecule has 2 heterocycles. The van der Waals surface area contributed by atoms with Gasteiger partial charge in [-0.25, -0.2) is 18.4 Å². The number of hydrogen-bond donors (Lipinski definition) is 5. The lowest BCUT2D eigenvalue weighted by atomic mass is 9.97. The molecule has 5 N–H and O–H groups in total. The number of amides is 1. The van der Waals surface area contributed by atoms with Crippen LogP contribution in [0.3, 0.4) is 0 Å². The average molecular weight is 477 g/mol. The topological polar surface area (TPSA) is 166 Å². The van der Waals surface area contributed by atoms with E-state index < -0.39 is 38.9 Å². The van der Waals surface area contributed by atoms with Gasteiger partial charge in [0.2, 0.25) is 0 Å². The van der Waals surface area contributed by atoms with Crippen LogP contribution in [0, 0.1) is 5.41 Å². The molecule has 1 fully saturated rings. The first-order valence-corrected chi connectivity index (χ1v) is 12.1. The van der Waals surface area contributed by atoms with Crippen LogP contribution in [0.2, 0.25) is 0 Å². The Hall–Kier alpha value is -3.09. The number of ether oxygens (including phenoxy) is 1. The van der Waals surface area contributed by atoms with Crippen LogP contribution in [0.25, 0.3) is 0 Å². The highest BCUT2D eigenvalue weighted by atomic mass is 32.2. The van der Waals surface area contributed by atoms with Crippen LogP contribution < -0.4 is 16.2 Å². The Bertz CT molecular complexity index is 1120. The zero-order chi connectivity index (χ0) is 24.3. The Morgan fingerprint density at radius 2 is 2.03 bits per heavy atom. The predicted molar refractivity (Wildman–Crippen MR) is 122 cm³/mol. The highest BCUT2D eigenvalue weighted by molar-refractivity contribution is 7.91. The van der Waals surface area contributed by atoms with Gasteiger partial charge in [-0.15, -0.1) is 0 Å². The van der Waals surface area contributed by atoms with Crippen molar-refractivity contribution in [3.63, 3.8) is 0 Å². The van der Waals surface area contributed by atoms with E-state index in [2.05, 4.69) is 26.1 Å². The van der Waals surface area contributed by atoms with E-state index in [0.29, 0.717) is 11.3 Å². The van der Waals surface area contributed by atoms with Gasteiger partial charge in [0, 0.05) is 17.4 Å². The highest BCUT2D eigenvalue weighted by Gasteiger charge is 2.48. The second-order valence-corrected chi connectivity index (χ2v) is 11.0. The van der Waals surface area contributed by atoms with Crippen molar-refractivity contribution >= 4 is 27.3 Å². The van der Waals surface area contributed by atoms with Gasteiger partial charge in [0.05, 0.1) is 17.1 Å². The molecule has 0 spiro atoms. The number of carbonyl (C=O) groups is 1. The minimum absolute atomic E-state index is 0.0367. The third kappa shape index (κ3) is 6.46. The normalized spacial score (nSPS) is 20.6. The predicted octanol–water partition coefficient (Wildman–Crippen LogP) is 0.898. The molecule has 12 heteroatoms. The van der Waals surface area contributed by atoms with E-state index in [1.165, 1.54) is 18.6 Å². The third-order valence-corrected chi connectivity index (χ3v) is 6.66. The number of amidine groups is 1. The van der Waals surface area contributed by atoms with Crippen LogP contribution in [0.1, 0.15) is 44.7 Å². The standard InChI is InChI=1S/C21H28N6O5S/c1-20(2,3)32-18(28)14-5-4-6-15(11-14)25-21(8-10-33(30,31)12-21)19(29)27-26-17(22)16-7-9-23-13-24-16/h4-7,9,11,13,18,25,28H,8,10,12H2,1-3H3,(H2,22,26)(H,27,29). The molecule has 0 radical (unpaired) electrons. The van der Waals surface area contributed by atoms with Crippen LogP contribution in [-0.4, -0.2) is 57.9 Å². The lowest BCUT2D eigenvalue weighted by molar-refractivity contribution is -0.169. The van der Waals surface area contributed by atoms with Crippen molar-refractivity contribution in [1.29, 1.82) is 5.41 Å². The van der Waals surface area contributed by atoms with E-state index in [1.54, 1.807) is 24.3 Å². The fraction of sp³-hybridized carbons (Fsp3) is 0.429. The van der Waals surface area contributed by atoms with Crippen molar-refractivity contribution in [2.45, 2.75) is 44.6 Å². The lowest BCUT2D eigenvalue weighted by Gasteiger charge is -2.30. The maximum absolute atomic E-state index is 13.1. The molecule has 1 saturated heterocycles. The number of hydrazine groups is 1. The third-order valence-electron chi connectivity index (χ3n) is 4.90. The minimum Gasteiger partial charge on any atom is -0.370 e. The number of carbonyl (C=O) groups excluding carboxylic acids is 1. The Balaban J connectivity index is 1.78. The van der Waals surface area contributed by atoms with Crippen LogP contribution in [0.5, 0.6) is 0 Å². The SMILES string of the molecule is CC(C)(C)OC(O)c1cccc(NC2(C(=O)NNC(=N)c3ccncn3)CCS(=O)(=O)C2)c1. The second-order valence-electron chi connectivity index (χ2n) is 8.81. The molecule has 1 amide bonds. The number of nitrogens with one attached hydrogen (secondary N) is 4. The first-order chi connectivity index (χ1) is 15.4. The summed E-state index contributed by atoms with van der Waals surface area (Å²) >= 11 is 0. The molecule has 1 aliphatic heterocycles. The Morgan fingerprint density at radius 1 is 1.27 bits per heavy atom. The number of hydrogen-bond acceptors (Lipinski definition) is 9. The Kier molecular flexibility index (Phi) is 7.00. The summed E-state index contributed by atoms with van der Waals surface area (Å²) in [7, 11) is -3.46. The van der Waals surface area contributed by atoms with E-state index >= 15 is 0 Å². The largest absolute Gasteiger partial charge is 0.370 e. The smallest absolute Gasteiger partial charge is 0.265 e. The van der Waals surface area contributed by atoms with Crippen molar-refractivity contribution in [1.82, 2.24) is 20.8 Å². The van der Waals surface area contributed by atoms with Crippen molar-refractivity contribution in [3.8, 4) is 0 Å². The van der Waals surface area contributed by atoms with Gasteiger partial charge in [-0.2, -0.15) is 0 Å². The van der Waals surface area contributed by atoms with Gasteiger partial charge >= 0.3 is 0 Å². The summed E-state index contributed by atoms with van der Waals surface area (Å²) in [5.41, 5.74) is 3.99. The maximum atomic E-state index is 13.1. The lowest BCUT2D eigenvalue weighted by Crippen LogP contribution is -2.58. The van der Waals surface area contributed by atoms with Crippen LogP contribution in [0.4, 0.5) is 5.69 Å². The molecule has 2 atom stereocenters. The summed E-state index contributed by atoms with van der Waals surface area (Å²) in [5, 5.41) is 21.4. The van der Waals surface area contributed by atoms with E-state index in [-0.39, 0.29) is 23.7 Å². The Morgan fingerprint density at radius 3 is 2.64 bits per heavy atom. The Labute approximate surface area is 192 Å². The summed E-state index contributed by atoms with van der Waals surface area (Å²) < 4.78 is 30.1. The van der Waals surface area contributed by atoms with E-state index in [1.807, 2.05) is 20.8 Å². The molecule has 1 aliphatic rings. The van der Waals surface area contributed by atoms with Gasteiger partial charge in [-0.3, -0.25) is 21.1 Å². The van der Waals surface area contributed by atoms with Gasteiger partial charge in [0.1, 0.15) is 17.6 Å². The first-order valence-electron chi connectivity index (χ1n) is 10.3. The maximum Gasteiger partial charge on any atom is 0.265 e. The molecule has 0 aliphatic carbocycles. The van der Waals surface area contributed by atoms with Crippen LogP contribution in [0.15, 0.2) is 42.9 Å². The van der Waals surface area contributed by atoms with Crippen molar-refractivity contribution in [2.24, 2.45) is 0 Å². The van der Waals surface area contributed by atoms with E-state index in [4.69, 9.17) is 10.1 Å². The second kappa shape index (κ2) is 9.41. The molecule has 0 saturated carbocycles. The number of rotatable bonds is 6. The molecule has 3 rings (SSSR count). The van der Waals surface area contributed by atoms with Gasteiger partial charge in [0.25, 0.3) is 5.91 Å². The fourth-order valence-electron chi connectivity index (χ4n) is 3.37. The number of anilines is 1. The summed E-state index contributed by atoms with van der Waals surface area (Å²) in [6.45, 7) is 5.44. The van der Waals surface area contributed by atoms with Gasteiger partial charge in [-0.1, -0.05) is 12.1 Å². The number of aliphatic hydroxyl groups is 1. The number of aromatic nitrogens is 2. The van der Waals surface area contributed by atoms with Crippen LogP contribution in [-0.2, 0) is 19.4 Å². The number of benzene rings is 1. The van der Waals surface area contributed by atoms with E-state index in [0.717, 1.165) is 0 Å². The van der Waals surface area contributed by atoms with Crippen LogP contribution >= 0.6 is 0 Å². The van der Waals surface area contributed by atoms with E-state index in [9.17, 15) is 18.3 Å².